The average Bonchev–Trinajstić information content (AvgIpc) is 2.14. The summed E-state index contributed by atoms with van der Waals surface area (Å²) in [7, 11) is 1.04. The van der Waals surface area contributed by atoms with Crippen LogP contribution in [0.25, 0.3) is 0 Å². The van der Waals surface area contributed by atoms with Gasteiger partial charge in [0, 0.05) is 3.57 Å². The number of alkyl halides is 3. The van der Waals surface area contributed by atoms with Crippen molar-refractivity contribution >= 4 is 28.6 Å². The van der Waals surface area contributed by atoms with Gasteiger partial charge in [-0.2, -0.15) is 13.2 Å². The fraction of sp³-hybridized carbons (Fsp3) is 0.222. The molecule has 0 saturated carbocycles. The van der Waals surface area contributed by atoms with E-state index in [1.165, 1.54) is 34.7 Å². The van der Waals surface area contributed by atoms with Crippen LogP contribution in [-0.4, -0.2) is 13.1 Å². The van der Waals surface area contributed by atoms with Crippen molar-refractivity contribution in [3.63, 3.8) is 0 Å². The average molecular weight is 330 g/mol. The van der Waals surface area contributed by atoms with Crippen LogP contribution in [0, 0.1) is 3.57 Å². The number of hydrogen-bond donors (Lipinski definition) is 0. The molecule has 0 aliphatic heterocycles. The third kappa shape index (κ3) is 2.61. The number of rotatable bonds is 1. The summed E-state index contributed by atoms with van der Waals surface area (Å²) in [6.07, 6.45) is -4.55. The first-order valence-corrected chi connectivity index (χ1v) is 4.90. The lowest BCUT2D eigenvalue weighted by Gasteiger charge is -2.12. The summed E-state index contributed by atoms with van der Waals surface area (Å²) in [4.78, 5) is 11.1. The lowest BCUT2D eigenvalue weighted by molar-refractivity contribution is -0.138. The van der Waals surface area contributed by atoms with Crippen molar-refractivity contribution in [2.45, 2.75) is 6.18 Å². The summed E-state index contributed by atoms with van der Waals surface area (Å²) in [6, 6.07) is 3.76. The van der Waals surface area contributed by atoms with Crippen LogP contribution in [0.3, 0.4) is 0 Å². The van der Waals surface area contributed by atoms with Crippen molar-refractivity contribution in [3.05, 3.63) is 32.9 Å². The summed E-state index contributed by atoms with van der Waals surface area (Å²) in [5.74, 6) is -0.985. The van der Waals surface area contributed by atoms with Crippen LogP contribution in [0.2, 0.25) is 0 Å². The first-order valence-electron chi connectivity index (χ1n) is 3.82. The van der Waals surface area contributed by atoms with Crippen LogP contribution in [0.5, 0.6) is 0 Å². The van der Waals surface area contributed by atoms with Crippen LogP contribution in [0.15, 0.2) is 18.2 Å². The van der Waals surface area contributed by atoms with E-state index in [1.807, 2.05) is 0 Å². The van der Waals surface area contributed by atoms with Crippen molar-refractivity contribution in [2.75, 3.05) is 7.11 Å². The van der Waals surface area contributed by atoms with E-state index < -0.39 is 23.3 Å². The SMILES string of the molecule is COC(=O)c1cccc(I)c1C(F)(F)F. The Bertz CT molecular complexity index is 387. The predicted octanol–water partition coefficient (Wildman–Crippen LogP) is 3.10. The van der Waals surface area contributed by atoms with Crippen LogP contribution >= 0.6 is 22.6 Å². The minimum absolute atomic E-state index is 0.0250. The van der Waals surface area contributed by atoms with Crippen LogP contribution in [0.1, 0.15) is 15.9 Å². The van der Waals surface area contributed by atoms with Gasteiger partial charge in [-0.1, -0.05) is 6.07 Å². The summed E-state index contributed by atoms with van der Waals surface area (Å²) in [5.41, 5.74) is -1.41. The van der Waals surface area contributed by atoms with Gasteiger partial charge >= 0.3 is 12.1 Å². The molecule has 0 fully saturated rings. The van der Waals surface area contributed by atoms with Crippen molar-refractivity contribution < 1.29 is 22.7 Å². The number of benzene rings is 1. The smallest absolute Gasteiger partial charge is 0.418 e. The number of carbonyl (C=O) groups excluding carboxylic acids is 1. The maximum atomic E-state index is 12.6. The van der Waals surface area contributed by atoms with Gasteiger partial charge in [0.25, 0.3) is 0 Å². The minimum atomic E-state index is -4.55. The monoisotopic (exact) mass is 330 g/mol. The van der Waals surface area contributed by atoms with Gasteiger partial charge < -0.3 is 4.74 Å². The molecule has 0 atom stereocenters. The maximum Gasteiger partial charge on any atom is 0.418 e. The summed E-state index contributed by atoms with van der Waals surface area (Å²) in [6.45, 7) is 0. The Kier molecular flexibility index (Phi) is 3.58. The molecule has 1 aromatic carbocycles. The molecule has 6 heteroatoms. The topological polar surface area (TPSA) is 26.3 Å². The first-order chi connectivity index (χ1) is 6.88. The lowest BCUT2D eigenvalue weighted by Crippen LogP contribution is -2.15. The molecule has 0 N–H and O–H groups in total. The van der Waals surface area contributed by atoms with Gasteiger partial charge in [0.2, 0.25) is 0 Å². The quantitative estimate of drug-likeness (QED) is 0.584. The molecule has 0 aromatic heterocycles. The third-order valence-corrected chi connectivity index (χ3v) is 2.60. The summed E-state index contributed by atoms with van der Waals surface area (Å²) in [5, 5.41) is 0. The predicted molar refractivity (Wildman–Crippen MR) is 55.5 cm³/mol. The number of hydrogen-bond acceptors (Lipinski definition) is 2. The number of ether oxygens (including phenoxy) is 1. The number of esters is 1. The van der Waals surface area contributed by atoms with Gasteiger partial charge in [-0.05, 0) is 34.7 Å². The van der Waals surface area contributed by atoms with E-state index in [-0.39, 0.29) is 3.57 Å². The molecule has 0 amide bonds. The Hall–Kier alpha value is -0.790. The molecule has 0 unspecified atom stereocenters. The molecular weight excluding hydrogens is 324 g/mol. The van der Waals surface area contributed by atoms with E-state index in [4.69, 9.17) is 0 Å². The van der Waals surface area contributed by atoms with E-state index in [1.54, 1.807) is 0 Å². The normalized spacial score (nSPS) is 11.3. The zero-order valence-electron chi connectivity index (χ0n) is 7.56. The molecule has 0 aliphatic rings. The molecule has 0 aliphatic carbocycles. The van der Waals surface area contributed by atoms with Gasteiger partial charge in [0.15, 0.2) is 0 Å². The zero-order chi connectivity index (χ0) is 11.6. The van der Waals surface area contributed by atoms with E-state index in [0.29, 0.717) is 0 Å². The number of carbonyl (C=O) groups is 1. The van der Waals surface area contributed by atoms with E-state index >= 15 is 0 Å². The number of halogens is 4. The highest BCUT2D eigenvalue weighted by Gasteiger charge is 2.37. The highest BCUT2D eigenvalue weighted by molar-refractivity contribution is 14.1. The summed E-state index contributed by atoms with van der Waals surface area (Å²) < 4.78 is 42.0. The maximum absolute atomic E-state index is 12.6. The molecule has 1 aromatic rings. The van der Waals surface area contributed by atoms with Gasteiger partial charge in [-0.3, -0.25) is 0 Å². The van der Waals surface area contributed by atoms with Gasteiger partial charge in [0.05, 0.1) is 18.2 Å². The second-order valence-corrected chi connectivity index (χ2v) is 3.81. The van der Waals surface area contributed by atoms with E-state index in [2.05, 4.69) is 4.74 Å². The van der Waals surface area contributed by atoms with Crippen LogP contribution in [0.4, 0.5) is 13.2 Å². The van der Waals surface area contributed by atoms with Gasteiger partial charge in [-0.15, -0.1) is 0 Å². The van der Waals surface area contributed by atoms with Crippen molar-refractivity contribution in [1.29, 1.82) is 0 Å². The Balaban J connectivity index is 3.40. The summed E-state index contributed by atoms with van der Waals surface area (Å²) >= 11 is 1.53. The molecule has 0 bridgehead atoms. The van der Waals surface area contributed by atoms with Crippen LogP contribution < -0.4 is 0 Å². The second-order valence-electron chi connectivity index (χ2n) is 2.65. The molecule has 2 nitrogen and oxygen atoms in total. The highest BCUT2D eigenvalue weighted by Crippen LogP contribution is 2.35. The second kappa shape index (κ2) is 4.38. The largest absolute Gasteiger partial charge is 0.465 e. The Morgan fingerprint density at radius 1 is 1.40 bits per heavy atom. The fourth-order valence-electron chi connectivity index (χ4n) is 1.09. The van der Waals surface area contributed by atoms with Crippen molar-refractivity contribution in [1.82, 2.24) is 0 Å². The molecular formula is C9H6F3IO2. The molecule has 15 heavy (non-hydrogen) atoms. The fourth-order valence-corrected chi connectivity index (χ4v) is 1.90. The van der Waals surface area contributed by atoms with E-state index in [0.717, 1.165) is 13.2 Å². The molecule has 0 heterocycles. The third-order valence-electron chi connectivity index (χ3n) is 1.70. The van der Waals surface area contributed by atoms with Crippen LogP contribution in [-0.2, 0) is 10.9 Å². The zero-order valence-corrected chi connectivity index (χ0v) is 9.72. The van der Waals surface area contributed by atoms with E-state index in [9.17, 15) is 18.0 Å². The first kappa shape index (κ1) is 12.3. The van der Waals surface area contributed by atoms with Gasteiger partial charge in [0.1, 0.15) is 0 Å². The van der Waals surface area contributed by atoms with Crippen molar-refractivity contribution in [2.24, 2.45) is 0 Å². The Labute approximate surface area is 97.6 Å². The molecule has 0 saturated heterocycles. The number of methoxy groups -OCH3 is 1. The minimum Gasteiger partial charge on any atom is -0.465 e. The Morgan fingerprint density at radius 2 is 2.00 bits per heavy atom. The van der Waals surface area contributed by atoms with Gasteiger partial charge in [-0.25, -0.2) is 4.79 Å². The highest BCUT2D eigenvalue weighted by atomic mass is 127. The molecule has 82 valence electrons. The lowest BCUT2D eigenvalue weighted by atomic mass is 10.1. The molecule has 0 radical (unpaired) electrons. The Morgan fingerprint density at radius 3 is 2.47 bits per heavy atom. The molecule has 1 rings (SSSR count). The standard InChI is InChI=1S/C9H6F3IO2/c1-15-8(14)5-3-2-4-6(13)7(5)9(10,11)12/h2-4H,1H3. The van der Waals surface area contributed by atoms with Crippen molar-refractivity contribution in [3.8, 4) is 0 Å². The molecule has 0 spiro atoms.